The summed E-state index contributed by atoms with van der Waals surface area (Å²) in [5.41, 5.74) is 12.7. The molecular formula is C45H30N4. The summed E-state index contributed by atoms with van der Waals surface area (Å²) < 4.78 is 0. The van der Waals surface area contributed by atoms with E-state index in [0.29, 0.717) is 0 Å². The van der Waals surface area contributed by atoms with E-state index in [-0.39, 0.29) is 0 Å². The second kappa shape index (κ2) is 12.2. The molecule has 0 radical (unpaired) electrons. The van der Waals surface area contributed by atoms with E-state index in [4.69, 9.17) is 15.0 Å². The van der Waals surface area contributed by atoms with Crippen LogP contribution in [-0.2, 0) is 0 Å². The summed E-state index contributed by atoms with van der Waals surface area (Å²) in [6.07, 6.45) is 5.59. The molecule has 0 aliphatic heterocycles. The van der Waals surface area contributed by atoms with Crippen LogP contribution in [0.25, 0.3) is 66.1 Å². The highest BCUT2D eigenvalue weighted by Crippen LogP contribution is 2.41. The minimum absolute atomic E-state index is 0.990. The van der Waals surface area contributed by atoms with Crippen LogP contribution in [0.4, 0.5) is 17.1 Å². The van der Waals surface area contributed by atoms with Gasteiger partial charge in [-0.15, -0.1) is 0 Å². The second-order valence-corrected chi connectivity index (χ2v) is 12.1. The first kappa shape index (κ1) is 28.6. The summed E-state index contributed by atoms with van der Waals surface area (Å²) in [4.78, 5) is 16.6. The molecule has 9 aromatic rings. The molecule has 0 atom stereocenters. The Balaban J connectivity index is 1.24. The summed E-state index contributed by atoms with van der Waals surface area (Å²) in [5, 5.41) is 3.36. The maximum atomic E-state index is 4.76. The van der Waals surface area contributed by atoms with Crippen molar-refractivity contribution in [2.24, 2.45) is 0 Å². The van der Waals surface area contributed by atoms with Crippen LogP contribution in [0.5, 0.6) is 0 Å². The van der Waals surface area contributed by atoms with Gasteiger partial charge in [0.1, 0.15) is 0 Å². The molecule has 0 bridgehead atoms. The van der Waals surface area contributed by atoms with Gasteiger partial charge in [-0.1, -0.05) is 109 Å². The lowest BCUT2D eigenvalue weighted by Gasteiger charge is -2.27. The fourth-order valence-corrected chi connectivity index (χ4v) is 6.90. The van der Waals surface area contributed by atoms with Crippen LogP contribution < -0.4 is 4.90 Å². The van der Waals surface area contributed by atoms with Gasteiger partial charge in [0.25, 0.3) is 0 Å². The Morgan fingerprint density at radius 1 is 0.306 bits per heavy atom. The topological polar surface area (TPSA) is 41.9 Å². The van der Waals surface area contributed by atoms with Crippen molar-refractivity contribution in [3.63, 3.8) is 0 Å². The smallest absolute Gasteiger partial charge is 0.0780 e. The molecule has 0 aliphatic rings. The normalized spacial score (nSPS) is 11.3. The van der Waals surface area contributed by atoms with Crippen molar-refractivity contribution in [2.75, 3.05) is 4.90 Å². The number of benzene rings is 6. The third-order valence-electron chi connectivity index (χ3n) is 9.14. The highest BCUT2D eigenvalue weighted by Gasteiger charge is 2.17. The molecule has 0 fully saturated rings. The van der Waals surface area contributed by atoms with Gasteiger partial charge in [-0.25, -0.2) is 0 Å². The Labute approximate surface area is 284 Å². The standard InChI is InChI=1S/C45H30N4/c1-13-34(40-22-4-10-31-16-7-25-46-43(31)40)28-37(19-1)49(38-20-2-14-35(29-38)41-23-5-11-32-17-8-26-47-44(32)41)39-21-3-15-36(30-39)42-24-6-12-33-18-9-27-48-45(33)42/h1-30H. The lowest BCUT2D eigenvalue weighted by atomic mass is 9.99. The van der Waals surface area contributed by atoms with Gasteiger partial charge in [0.15, 0.2) is 0 Å². The highest BCUT2D eigenvalue weighted by atomic mass is 15.1. The van der Waals surface area contributed by atoms with Crippen molar-refractivity contribution < 1.29 is 0 Å². The molecule has 0 N–H and O–H groups in total. The van der Waals surface area contributed by atoms with Crippen LogP contribution in [0.1, 0.15) is 0 Å². The van der Waals surface area contributed by atoms with E-state index in [1.54, 1.807) is 0 Å². The predicted octanol–water partition coefficient (Wildman–Crippen LogP) is 11.8. The molecule has 230 valence electrons. The molecule has 6 aromatic carbocycles. The number of rotatable bonds is 6. The zero-order chi connectivity index (χ0) is 32.6. The molecule has 4 heteroatoms. The first-order valence-electron chi connectivity index (χ1n) is 16.4. The minimum atomic E-state index is 0.990. The average Bonchev–Trinajstić information content (AvgIpc) is 3.18. The SMILES string of the molecule is c1cc(-c2cccc3cccnc23)cc(N(c2cccc(-c3cccc4cccnc34)c2)c2cccc(-c3cccc4cccnc34)c2)c1. The lowest BCUT2D eigenvalue weighted by Crippen LogP contribution is -2.10. The van der Waals surface area contributed by atoms with E-state index in [0.717, 1.165) is 83.2 Å². The number of pyridine rings is 3. The van der Waals surface area contributed by atoms with Crippen molar-refractivity contribution in [3.05, 3.63) is 182 Å². The average molecular weight is 627 g/mol. The lowest BCUT2D eigenvalue weighted by molar-refractivity contribution is 1.28. The monoisotopic (exact) mass is 626 g/mol. The summed E-state index contributed by atoms with van der Waals surface area (Å²) >= 11 is 0. The molecule has 0 aliphatic carbocycles. The third-order valence-corrected chi connectivity index (χ3v) is 9.14. The molecule has 3 heterocycles. The molecule has 49 heavy (non-hydrogen) atoms. The Morgan fingerprint density at radius 3 is 0.959 bits per heavy atom. The van der Waals surface area contributed by atoms with Gasteiger partial charge >= 0.3 is 0 Å². The van der Waals surface area contributed by atoms with E-state index in [2.05, 4.69) is 150 Å². The fraction of sp³-hybridized carbons (Fsp3) is 0. The molecule has 0 spiro atoms. The number of nitrogens with zero attached hydrogens (tertiary/aromatic N) is 4. The quantitative estimate of drug-likeness (QED) is 0.184. The zero-order valence-corrected chi connectivity index (χ0v) is 26.6. The van der Waals surface area contributed by atoms with Gasteiger partial charge in [-0.05, 0) is 71.3 Å². The highest BCUT2D eigenvalue weighted by molar-refractivity contribution is 5.97. The maximum Gasteiger partial charge on any atom is 0.0780 e. The molecule has 3 aromatic heterocycles. The Bertz CT molecular complexity index is 2340. The van der Waals surface area contributed by atoms with Crippen LogP contribution >= 0.6 is 0 Å². The van der Waals surface area contributed by atoms with Crippen molar-refractivity contribution in [2.45, 2.75) is 0 Å². The molecular weight excluding hydrogens is 597 g/mol. The number of hydrogen-bond donors (Lipinski definition) is 0. The predicted molar refractivity (Wildman–Crippen MR) is 203 cm³/mol. The van der Waals surface area contributed by atoms with E-state index < -0.39 is 0 Å². The van der Waals surface area contributed by atoms with Gasteiger partial charge in [0, 0.05) is 68.5 Å². The maximum absolute atomic E-state index is 4.76. The largest absolute Gasteiger partial charge is 0.310 e. The molecule has 4 nitrogen and oxygen atoms in total. The van der Waals surface area contributed by atoms with Gasteiger partial charge in [-0.3, -0.25) is 15.0 Å². The van der Waals surface area contributed by atoms with Crippen molar-refractivity contribution in [1.29, 1.82) is 0 Å². The second-order valence-electron chi connectivity index (χ2n) is 12.1. The molecule has 0 amide bonds. The van der Waals surface area contributed by atoms with Crippen LogP contribution in [0.2, 0.25) is 0 Å². The summed E-state index contributed by atoms with van der Waals surface area (Å²) in [6, 6.07) is 57.7. The van der Waals surface area contributed by atoms with Crippen molar-refractivity contribution in [1.82, 2.24) is 15.0 Å². The van der Waals surface area contributed by atoms with Gasteiger partial charge in [0.05, 0.1) is 16.6 Å². The van der Waals surface area contributed by atoms with E-state index in [9.17, 15) is 0 Å². The first-order valence-corrected chi connectivity index (χ1v) is 16.4. The summed E-state index contributed by atoms with van der Waals surface area (Å²) in [7, 11) is 0. The minimum Gasteiger partial charge on any atom is -0.310 e. The van der Waals surface area contributed by atoms with E-state index in [1.807, 2.05) is 36.8 Å². The van der Waals surface area contributed by atoms with Gasteiger partial charge in [0.2, 0.25) is 0 Å². The summed E-state index contributed by atoms with van der Waals surface area (Å²) in [5.74, 6) is 0. The number of hydrogen-bond acceptors (Lipinski definition) is 4. The van der Waals surface area contributed by atoms with Crippen molar-refractivity contribution in [3.8, 4) is 33.4 Å². The number of para-hydroxylation sites is 3. The Morgan fingerprint density at radius 2 is 0.612 bits per heavy atom. The van der Waals surface area contributed by atoms with Gasteiger partial charge in [-0.2, -0.15) is 0 Å². The van der Waals surface area contributed by atoms with Crippen LogP contribution in [0, 0.1) is 0 Å². The number of fused-ring (bicyclic) bond motifs is 3. The summed E-state index contributed by atoms with van der Waals surface area (Å²) in [6.45, 7) is 0. The molecule has 0 unspecified atom stereocenters. The first-order chi connectivity index (χ1) is 24.3. The zero-order valence-electron chi connectivity index (χ0n) is 26.6. The Kier molecular flexibility index (Phi) is 7.10. The van der Waals surface area contributed by atoms with Crippen LogP contribution in [-0.4, -0.2) is 15.0 Å². The van der Waals surface area contributed by atoms with E-state index >= 15 is 0 Å². The molecule has 0 saturated heterocycles. The Hall–Kier alpha value is -6.65. The van der Waals surface area contributed by atoms with Crippen LogP contribution in [0.3, 0.4) is 0 Å². The van der Waals surface area contributed by atoms with Crippen LogP contribution in [0.15, 0.2) is 182 Å². The van der Waals surface area contributed by atoms with E-state index in [1.165, 1.54) is 0 Å². The molecule has 0 saturated carbocycles. The van der Waals surface area contributed by atoms with Gasteiger partial charge < -0.3 is 4.90 Å². The number of aromatic nitrogens is 3. The number of anilines is 3. The van der Waals surface area contributed by atoms with Crippen molar-refractivity contribution >= 4 is 49.8 Å². The fourth-order valence-electron chi connectivity index (χ4n) is 6.90. The molecule has 9 rings (SSSR count). The third kappa shape index (κ3) is 5.26.